The van der Waals surface area contributed by atoms with Crippen LogP contribution in [0.2, 0.25) is 0 Å². The molecule has 1 aliphatic heterocycles. The lowest BCUT2D eigenvalue weighted by molar-refractivity contribution is -0.126. The van der Waals surface area contributed by atoms with E-state index in [4.69, 9.17) is 10.00 Å². The summed E-state index contributed by atoms with van der Waals surface area (Å²) in [7, 11) is 0. The van der Waals surface area contributed by atoms with Crippen molar-refractivity contribution in [1.82, 2.24) is 20.2 Å². The van der Waals surface area contributed by atoms with E-state index in [1.165, 1.54) is 0 Å². The summed E-state index contributed by atoms with van der Waals surface area (Å²) in [5, 5.41) is 18.7. The Kier molecular flexibility index (Phi) is 7.79. The van der Waals surface area contributed by atoms with Gasteiger partial charge in [-0.25, -0.2) is 9.78 Å². The van der Waals surface area contributed by atoms with E-state index in [-0.39, 0.29) is 17.9 Å². The van der Waals surface area contributed by atoms with Crippen LogP contribution in [0.5, 0.6) is 0 Å². The maximum absolute atomic E-state index is 12.9. The first-order valence-electron chi connectivity index (χ1n) is 13.9. The molecule has 5 rings (SSSR count). The lowest BCUT2D eigenvalue weighted by atomic mass is 9.80. The van der Waals surface area contributed by atoms with Crippen molar-refractivity contribution in [2.45, 2.75) is 83.0 Å². The lowest BCUT2D eigenvalue weighted by Gasteiger charge is -2.34. The molecule has 10 nitrogen and oxygen atoms in total. The highest BCUT2D eigenvalue weighted by Crippen LogP contribution is 2.30. The van der Waals surface area contributed by atoms with Gasteiger partial charge in [-0.2, -0.15) is 10.2 Å². The number of benzene rings is 1. The number of likely N-dealkylation sites (tertiary alicyclic amines) is 1. The molecule has 2 heterocycles. The molecule has 2 amide bonds. The van der Waals surface area contributed by atoms with Gasteiger partial charge in [-0.1, -0.05) is 11.8 Å². The van der Waals surface area contributed by atoms with Gasteiger partial charge >= 0.3 is 6.09 Å². The third-order valence-corrected chi connectivity index (χ3v) is 7.06. The Balaban J connectivity index is 1.16. The number of hydrogen-bond donors (Lipinski definition) is 3. The highest BCUT2D eigenvalue weighted by Gasteiger charge is 2.39. The van der Waals surface area contributed by atoms with Gasteiger partial charge < -0.3 is 20.7 Å². The van der Waals surface area contributed by atoms with Crippen LogP contribution in [0.3, 0.4) is 0 Å². The number of carbonyl (C=O) groups is 2. The average Bonchev–Trinajstić information content (AvgIpc) is 3.56. The first-order valence-corrected chi connectivity index (χ1v) is 13.9. The molecule has 1 unspecified atom stereocenters. The largest absolute Gasteiger partial charge is 0.444 e. The number of rotatable bonds is 6. The fourth-order valence-corrected chi connectivity index (χ4v) is 4.73. The van der Waals surface area contributed by atoms with E-state index in [1.54, 1.807) is 23.2 Å². The van der Waals surface area contributed by atoms with Gasteiger partial charge in [-0.15, -0.1) is 0 Å². The number of hydrogen-bond acceptors (Lipinski definition) is 8. The van der Waals surface area contributed by atoms with Crippen LogP contribution in [0, 0.1) is 29.1 Å². The molecule has 2 aliphatic carbocycles. The lowest BCUT2D eigenvalue weighted by Crippen LogP contribution is -2.52. The van der Waals surface area contributed by atoms with E-state index in [9.17, 15) is 9.59 Å². The first-order chi connectivity index (χ1) is 19.2. The molecule has 208 valence electrons. The summed E-state index contributed by atoms with van der Waals surface area (Å²) in [5.74, 6) is 7.77. The molecule has 40 heavy (non-hydrogen) atoms. The van der Waals surface area contributed by atoms with Crippen molar-refractivity contribution in [1.29, 1.82) is 5.26 Å². The van der Waals surface area contributed by atoms with E-state index in [0.717, 1.165) is 43.4 Å². The number of nitrogens with zero attached hydrogens (tertiary/aromatic N) is 4. The first kappa shape index (κ1) is 27.3. The van der Waals surface area contributed by atoms with Crippen molar-refractivity contribution >= 4 is 29.5 Å². The molecule has 10 heteroatoms. The van der Waals surface area contributed by atoms with E-state index in [2.05, 4.69) is 43.8 Å². The summed E-state index contributed by atoms with van der Waals surface area (Å²) in [6, 6.07) is 9.19. The molecule has 0 radical (unpaired) electrons. The Morgan fingerprint density at radius 3 is 2.52 bits per heavy atom. The minimum atomic E-state index is -0.596. The highest BCUT2D eigenvalue weighted by atomic mass is 16.6. The number of amides is 2. The van der Waals surface area contributed by atoms with Crippen LogP contribution in [0.15, 0.2) is 30.5 Å². The summed E-state index contributed by atoms with van der Waals surface area (Å²) in [4.78, 5) is 36.1. The molecule has 1 aromatic carbocycles. The Morgan fingerprint density at radius 2 is 1.85 bits per heavy atom. The molecule has 1 atom stereocenters. The number of carbonyl (C=O) groups excluding carboxylic acids is 2. The topological polar surface area (TPSA) is 132 Å². The molecular formula is C30H35N7O3. The predicted octanol–water partition coefficient (Wildman–Crippen LogP) is 4.31. The summed E-state index contributed by atoms with van der Waals surface area (Å²) in [6.45, 7) is 6.01. The molecule has 2 saturated carbocycles. The smallest absolute Gasteiger partial charge is 0.410 e. The van der Waals surface area contributed by atoms with Gasteiger partial charge in [0.1, 0.15) is 17.5 Å². The van der Waals surface area contributed by atoms with Crippen molar-refractivity contribution in [3.8, 4) is 17.9 Å². The fourth-order valence-electron chi connectivity index (χ4n) is 4.73. The molecule has 1 saturated heterocycles. The molecule has 3 fully saturated rings. The van der Waals surface area contributed by atoms with Crippen LogP contribution in [-0.2, 0) is 9.53 Å². The van der Waals surface area contributed by atoms with Gasteiger partial charge in [-0.05, 0) is 83.6 Å². The fraction of sp³-hybridized carbons (Fsp3) is 0.500. The van der Waals surface area contributed by atoms with Gasteiger partial charge in [-0.3, -0.25) is 9.69 Å². The maximum Gasteiger partial charge on any atom is 0.410 e. The third kappa shape index (κ3) is 7.01. The van der Waals surface area contributed by atoms with Gasteiger partial charge in [0.25, 0.3) is 0 Å². The second-order valence-electron chi connectivity index (χ2n) is 11.7. The molecule has 3 aliphatic rings. The Bertz CT molecular complexity index is 1360. The van der Waals surface area contributed by atoms with Crippen molar-refractivity contribution in [3.63, 3.8) is 0 Å². The summed E-state index contributed by atoms with van der Waals surface area (Å²) < 4.78 is 5.48. The molecule has 0 bridgehead atoms. The van der Waals surface area contributed by atoms with Crippen molar-refractivity contribution < 1.29 is 14.3 Å². The van der Waals surface area contributed by atoms with Crippen LogP contribution in [0.4, 0.5) is 22.2 Å². The Morgan fingerprint density at radius 1 is 1.10 bits per heavy atom. The Hall–Kier alpha value is -4.31. The summed E-state index contributed by atoms with van der Waals surface area (Å²) in [6.07, 6.45) is 6.46. The number of aromatic nitrogens is 2. The molecule has 0 spiro atoms. The second-order valence-corrected chi connectivity index (χ2v) is 11.7. The molecule has 2 aromatic rings. The van der Waals surface area contributed by atoms with E-state index in [1.807, 2.05) is 32.9 Å². The maximum atomic E-state index is 12.9. The standard InChI is InChI=1S/C30H35N7O3/c1-30(2,3)40-29(39)37-14-4-5-25(37)27(38)34-24-15-20(16-24)6-9-21-18-32-28(36-26(21)33-22-12-13-22)35-23-10-7-19(17-31)8-11-23/h7-8,10-11,18,20,22,24-25H,4-5,12-16H2,1-3H3,(H,34,38)(H2,32,33,35,36)/t20-,24+,25?. The van der Waals surface area contributed by atoms with Gasteiger partial charge in [0.15, 0.2) is 0 Å². The van der Waals surface area contributed by atoms with Crippen molar-refractivity contribution in [3.05, 3.63) is 41.6 Å². The van der Waals surface area contributed by atoms with Crippen LogP contribution in [-0.4, -0.2) is 57.1 Å². The van der Waals surface area contributed by atoms with Crippen molar-refractivity contribution in [2.24, 2.45) is 5.92 Å². The number of nitriles is 1. The minimum Gasteiger partial charge on any atom is -0.444 e. The van der Waals surface area contributed by atoms with Gasteiger partial charge in [0, 0.05) is 30.2 Å². The molecular weight excluding hydrogens is 506 g/mol. The number of nitrogens with one attached hydrogen (secondary N) is 3. The van der Waals surface area contributed by atoms with Gasteiger partial charge in [0.05, 0.1) is 23.4 Å². The molecule has 1 aromatic heterocycles. The highest BCUT2D eigenvalue weighted by molar-refractivity contribution is 5.86. The van der Waals surface area contributed by atoms with E-state index < -0.39 is 17.7 Å². The Labute approximate surface area is 234 Å². The average molecular weight is 542 g/mol. The number of anilines is 3. The third-order valence-electron chi connectivity index (χ3n) is 7.06. The SMILES string of the molecule is CC(C)(C)OC(=O)N1CCCC1C(=O)N[C@H]1C[C@@H](C#Cc2cnc(Nc3ccc(C#N)cc3)nc2NC2CC2)C1. The predicted molar refractivity (Wildman–Crippen MR) is 151 cm³/mol. The number of ether oxygens (including phenoxy) is 1. The van der Waals surface area contributed by atoms with Crippen LogP contribution in [0.1, 0.15) is 70.4 Å². The van der Waals surface area contributed by atoms with Crippen LogP contribution in [0.25, 0.3) is 0 Å². The van der Waals surface area contributed by atoms with Crippen LogP contribution < -0.4 is 16.0 Å². The quantitative estimate of drug-likeness (QED) is 0.461. The zero-order valence-corrected chi connectivity index (χ0v) is 23.2. The second kappa shape index (κ2) is 11.4. The minimum absolute atomic E-state index is 0.0483. The summed E-state index contributed by atoms with van der Waals surface area (Å²) in [5.41, 5.74) is 1.53. The van der Waals surface area contributed by atoms with E-state index in [0.29, 0.717) is 36.3 Å². The van der Waals surface area contributed by atoms with Crippen LogP contribution >= 0.6 is 0 Å². The van der Waals surface area contributed by atoms with Crippen molar-refractivity contribution in [2.75, 3.05) is 17.2 Å². The van der Waals surface area contributed by atoms with Gasteiger partial charge in [0.2, 0.25) is 11.9 Å². The van der Waals surface area contributed by atoms with E-state index >= 15 is 0 Å². The zero-order chi connectivity index (χ0) is 28.3. The normalized spacial score (nSPS) is 21.8. The molecule has 3 N–H and O–H groups in total. The summed E-state index contributed by atoms with van der Waals surface area (Å²) >= 11 is 0. The monoisotopic (exact) mass is 541 g/mol. The zero-order valence-electron chi connectivity index (χ0n) is 23.2.